The fourth-order valence-electron chi connectivity index (χ4n) is 1.51. The van der Waals surface area contributed by atoms with Crippen LogP contribution in [0.5, 0.6) is 0 Å². The minimum absolute atomic E-state index is 0.159. The average Bonchev–Trinajstić information content (AvgIpc) is 2.30. The van der Waals surface area contributed by atoms with Gasteiger partial charge in [0.15, 0.2) is 0 Å². The van der Waals surface area contributed by atoms with Crippen LogP contribution < -0.4 is 0 Å². The van der Waals surface area contributed by atoms with Crippen LogP contribution in [0.3, 0.4) is 0 Å². The van der Waals surface area contributed by atoms with E-state index >= 15 is 0 Å². The van der Waals surface area contributed by atoms with Crippen molar-refractivity contribution >= 4 is 43.8 Å². The van der Waals surface area contributed by atoms with Crippen molar-refractivity contribution in [2.75, 3.05) is 13.2 Å². The molecule has 0 rings (SSSR count). The number of alkyl halides is 2. The minimum Gasteiger partial charge on any atom is -0.466 e. The lowest BCUT2D eigenvalue weighted by atomic mass is 10.2. The van der Waals surface area contributed by atoms with E-state index in [0.29, 0.717) is 26.1 Å². The number of hydrogen-bond acceptors (Lipinski definition) is 4. The largest absolute Gasteiger partial charge is 0.466 e. The molecule has 0 aliphatic heterocycles. The Morgan fingerprint density at radius 3 is 1.45 bits per heavy atom. The maximum absolute atomic E-state index is 11.2. The Bertz CT molecular complexity index is 252. The summed E-state index contributed by atoms with van der Waals surface area (Å²) in [5.41, 5.74) is 0. The van der Waals surface area contributed by atoms with Crippen molar-refractivity contribution < 1.29 is 19.1 Å². The zero-order valence-corrected chi connectivity index (χ0v) is 15.4. The predicted molar refractivity (Wildman–Crippen MR) is 86.4 cm³/mol. The van der Waals surface area contributed by atoms with Crippen molar-refractivity contribution in [1.29, 1.82) is 0 Å². The first kappa shape index (κ1) is 19.9. The quantitative estimate of drug-likeness (QED) is 0.291. The summed E-state index contributed by atoms with van der Waals surface area (Å²) in [5, 5.41) is 0. The van der Waals surface area contributed by atoms with Crippen LogP contribution in [0.4, 0.5) is 0 Å². The molecule has 0 aliphatic rings. The molecule has 0 spiro atoms. The summed E-state index contributed by atoms with van der Waals surface area (Å²) in [6.07, 6.45) is 4.47. The summed E-state index contributed by atoms with van der Waals surface area (Å²) in [5.74, 6) is -0.320. The lowest BCUT2D eigenvalue weighted by Crippen LogP contribution is -2.10. The topological polar surface area (TPSA) is 52.6 Å². The third kappa shape index (κ3) is 14.3. The molecule has 118 valence electrons. The van der Waals surface area contributed by atoms with Crippen molar-refractivity contribution in [3.8, 4) is 0 Å². The van der Waals surface area contributed by atoms with Gasteiger partial charge in [-0.25, -0.2) is 0 Å². The second-order valence-corrected chi connectivity index (χ2v) is 7.95. The van der Waals surface area contributed by atoms with Crippen LogP contribution in [0, 0.1) is 0 Å². The van der Waals surface area contributed by atoms with Gasteiger partial charge in [-0.3, -0.25) is 9.59 Å². The van der Waals surface area contributed by atoms with Crippen molar-refractivity contribution in [2.45, 2.75) is 62.0 Å². The third-order valence-electron chi connectivity index (χ3n) is 2.46. The number of carbonyl (C=O) groups excluding carboxylic acids is 2. The molecule has 0 radical (unpaired) electrons. The van der Waals surface area contributed by atoms with Crippen LogP contribution in [0.25, 0.3) is 0 Å². The van der Waals surface area contributed by atoms with Gasteiger partial charge in [0.05, 0.1) is 26.1 Å². The Hall–Kier alpha value is -0.100. The van der Waals surface area contributed by atoms with E-state index in [9.17, 15) is 9.59 Å². The number of halogens is 2. The number of rotatable bonds is 11. The van der Waals surface area contributed by atoms with E-state index in [4.69, 9.17) is 9.47 Å². The second-order valence-electron chi connectivity index (χ2n) is 4.82. The molecule has 0 aliphatic carbocycles. The third-order valence-corrected chi connectivity index (χ3v) is 3.11. The summed E-state index contributed by atoms with van der Waals surface area (Å²) in [6, 6.07) is 0. The molecule has 0 aromatic carbocycles. The Morgan fingerprint density at radius 2 is 1.15 bits per heavy atom. The van der Waals surface area contributed by atoms with Crippen molar-refractivity contribution in [2.24, 2.45) is 0 Å². The van der Waals surface area contributed by atoms with Gasteiger partial charge < -0.3 is 9.47 Å². The molecule has 0 heterocycles. The highest BCUT2D eigenvalue weighted by molar-refractivity contribution is 9.09. The first-order valence-electron chi connectivity index (χ1n) is 7.01. The van der Waals surface area contributed by atoms with Crippen LogP contribution in [0.2, 0.25) is 0 Å². The minimum atomic E-state index is -0.160. The summed E-state index contributed by atoms with van der Waals surface area (Å²) in [4.78, 5) is 22.8. The first-order chi connectivity index (χ1) is 9.41. The molecule has 0 aromatic heterocycles. The molecule has 0 saturated heterocycles. The normalized spacial score (nSPS) is 13.6. The Kier molecular flexibility index (Phi) is 12.6. The van der Waals surface area contributed by atoms with E-state index in [1.807, 2.05) is 13.8 Å². The lowest BCUT2D eigenvalue weighted by Gasteiger charge is -2.07. The molecule has 0 saturated carbocycles. The fraction of sp³-hybridized carbons (Fsp3) is 0.857. The molecule has 6 heteroatoms. The average molecular weight is 416 g/mol. The van der Waals surface area contributed by atoms with Gasteiger partial charge in [-0.05, 0) is 25.7 Å². The van der Waals surface area contributed by atoms with Crippen LogP contribution in [-0.2, 0) is 19.1 Å². The highest BCUT2D eigenvalue weighted by Gasteiger charge is 2.07. The van der Waals surface area contributed by atoms with E-state index in [1.54, 1.807) is 0 Å². The molecule has 0 bridgehead atoms. The SMILES string of the molecule is CC(Br)CC(=O)OCCCCCCOC(=O)CC(C)Br. The maximum atomic E-state index is 11.2. The number of carbonyl (C=O) groups is 2. The molecule has 0 aromatic rings. The number of unbranched alkanes of at least 4 members (excludes halogenated alkanes) is 3. The van der Waals surface area contributed by atoms with E-state index in [2.05, 4.69) is 31.9 Å². The van der Waals surface area contributed by atoms with Gasteiger partial charge >= 0.3 is 11.9 Å². The van der Waals surface area contributed by atoms with E-state index in [-0.39, 0.29) is 21.6 Å². The molecule has 0 N–H and O–H groups in total. The summed E-state index contributed by atoms with van der Waals surface area (Å²) < 4.78 is 10.2. The number of esters is 2. The summed E-state index contributed by atoms with van der Waals surface area (Å²) >= 11 is 6.61. The zero-order chi connectivity index (χ0) is 15.4. The molecule has 4 nitrogen and oxygen atoms in total. The molecule has 0 fully saturated rings. The maximum Gasteiger partial charge on any atom is 0.306 e. The van der Waals surface area contributed by atoms with Crippen molar-refractivity contribution in [3.63, 3.8) is 0 Å². The van der Waals surface area contributed by atoms with E-state index < -0.39 is 0 Å². The van der Waals surface area contributed by atoms with Gasteiger partial charge in [-0.1, -0.05) is 45.7 Å². The first-order valence-corrected chi connectivity index (χ1v) is 8.84. The predicted octanol–water partition coefficient (Wildman–Crippen LogP) is 3.98. The molecular weight excluding hydrogens is 392 g/mol. The summed E-state index contributed by atoms with van der Waals surface area (Å²) in [7, 11) is 0. The molecule has 2 unspecified atom stereocenters. The van der Waals surface area contributed by atoms with Gasteiger partial charge in [-0.15, -0.1) is 0 Å². The fourth-order valence-corrected chi connectivity index (χ4v) is 2.04. The lowest BCUT2D eigenvalue weighted by molar-refractivity contribution is -0.144. The Morgan fingerprint density at radius 1 is 0.800 bits per heavy atom. The molecule has 20 heavy (non-hydrogen) atoms. The van der Waals surface area contributed by atoms with E-state index in [0.717, 1.165) is 25.7 Å². The Labute approximate surface area is 138 Å². The van der Waals surface area contributed by atoms with Gasteiger partial charge in [0, 0.05) is 9.65 Å². The zero-order valence-electron chi connectivity index (χ0n) is 12.2. The monoisotopic (exact) mass is 414 g/mol. The summed E-state index contributed by atoms with van der Waals surface area (Å²) in [6.45, 7) is 4.77. The molecular formula is C14H24Br2O4. The van der Waals surface area contributed by atoms with Crippen molar-refractivity contribution in [1.82, 2.24) is 0 Å². The smallest absolute Gasteiger partial charge is 0.306 e. The van der Waals surface area contributed by atoms with Crippen LogP contribution in [0.1, 0.15) is 52.4 Å². The number of hydrogen-bond donors (Lipinski definition) is 0. The standard InChI is InChI=1S/C14H24Br2O4/c1-11(15)9-13(17)19-7-5-3-4-6-8-20-14(18)10-12(2)16/h11-12H,3-10H2,1-2H3. The van der Waals surface area contributed by atoms with Gasteiger partial charge in [-0.2, -0.15) is 0 Å². The van der Waals surface area contributed by atoms with Gasteiger partial charge in [0.25, 0.3) is 0 Å². The molecule has 0 amide bonds. The van der Waals surface area contributed by atoms with Crippen LogP contribution in [-0.4, -0.2) is 34.8 Å². The van der Waals surface area contributed by atoms with Crippen molar-refractivity contribution in [3.05, 3.63) is 0 Å². The highest BCUT2D eigenvalue weighted by Crippen LogP contribution is 2.07. The Balaban J connectivity index is 3.29. The van der Waals surface area contributed by atoms with Gasteiger partial charge in [0.1, 0.15) is 0 Å². The van der Waals surface area contributed by atoms with Gasteiger partial charge in [0.2, 0.25) is 0 Å². The van der Waals surface area contributed by atoms with Crippen LogP contribution >= 0.6 is 31.9 Å². The number of ether oxygens (including phenoxy) is 2. The van der Waals surface area contributed by atoms with Crippen LogP contribution in [0.15, 0.2) is 0 Å². The molecule has 2 atom stereocenters. The van der Waals surface area contributed by atoms with E-state index in [1.165, 1.54) is 0 Å². The second kappa shape index (κ2) is 12.6. The highest BCUT2D eigenvalue weighted by atomic mass is 79.9.